The van der Waals surface area contributed by atoms with Gasteiger partial charge in [0.05, 0.1) is 24.7 Å². The molecule has 30 heavy (non-hydrogen) atoms. The number of carbonyl (C=O) groups excluding carboxylic acids is 2. The molecule has 2 N–H and O–H groups in total. The number of carbonyl (C=O) groups is 2. The van der Waals surface area contributed by atoms with Crippen molar-refractivity contribution in [2.24, 2.45) is 0 Å². The van der Waals surface area contributed by atoms with E-state index in [1.807, 2.05) is 14.0 Å². The fraction of sp³-hybridized carbons (Fsp3) is 0.381. The van der Waals surface area contributed by atoms with Crippen molar-refractivity contribution in [1.29, 1.82) is 0 Å². The lowest BCUT2D eigenvalue weighted by atomic mass is 10.1. The summed E-state index contributed by atoms with van der Waals surface area (Å²) in [5, 5.41) is 5.18. The van der Waals surface area contributed by atoms with Crippen LogP contribution in [-0.4, -0.2) is 60.2 Å². The van der Waals surface area contributed by atoms with Crippen LogP contribution in [0.5, 0.6) is 0 Å². The van der Waals surface area contributed by atoms with Gasteiger partial charge in [-0.2, -0.15) is 0 Å². The van der Waals surface area contributed by atoms with Gasteiger partial charge in [0.15, 0.2) is 0 Å². The molecule has 160 valence electrons. The molecule has 0 bridgehead atoms. The third-order valence-corrected chi connectivity index (χ3v) is 5.10. The number of rotatable bonds is 5. The van der Waals surface area contributed by atoms with E-state index in [4.69, 9.17) is 4.74 Å². The van der Waals surface area contributed by atoms with Gasteiger partial charge in [0.25, 0.3) is 0 Å². The van der Waals surface area contributed by atoms with E-state index < -0.39 is 11.8 Å². The minimum Gasteiger partial charge on any atom is -0.453 e. The molecule has 1 aromatic carbocycles. The number of urea groups is 1. The van der Waals surface area contributed by atoms with E-state index >= 15 is 0 Å². The second-order valence-electron chi connectivity index (χ2n) is 7.36. The number of benzene rings is 1. The lowest BCUT2D eigenvalue weighted by Gasteiger charge is -2.24. The topological polar surface area (TPSA) is 86.8 Å². The van der Waals surface area contributed by atoms with E-state index in [0.717, 1.165) is 17.7 Å². The van der Waals surface area contributed by atoms with Crippen LogP contribution >= 0.6 is 0 Å². The zero-order chi connectivity index (χ0) is 21.7. The van der Waals surface area contributed by atoms with Crippen molar-refractivity contribution in [3.8, 4) is 0 Å². The van der Waals surface area contributed by atoms with Gasteiger partial charge >= 0.3 is 12.1 Å². The third kappa shape index (κ3) is 5.44. The van der Waals surface area contributed by atoms with Gasteiger partial charge in [0, 0.05) is 31.4 Å². The van der Waals surface area contributed by atoms with Crippen LogP contribution in [0.2, 0.25) is 0 Å². The monoisotopic (exact) mass is 415 g/mol. The van der Waals surface area contributed by atoms with Crippen molar-refractivity contribution >= 4 is 23.5 Å². The van der Waals surface area contributed by atoms with Gasteiger partial charge in [-0.15, -0.1) is 0 Å². The molecule has 0 unspecified atom stereocenters. The molecule has 0 radical (unpaired) electrons. The molecule has 3 rings (SSSR count). The summed E-state index contributed by atoms with van der Waals surface area (Å²) in [6.45, 7) is 3.63. The smallest absolute Gasteiger partial charge is 0.409 e. The van der Waals surface area contributed by atoms with Crippen LogP contribution in [0.3, 0.4) is 0 Å². The number of aryl methyl sites for hydroxylation is 1. The summed E-state index contributed by atoms with van der Waals surface area (Å²) in [6, 6.07) is 7.77. The molecule has 0 saturated carbocycles. The molecule has 0 spiro atoms. The van der Waals surface area contributed by atoms with Crippen LogP contribution in [0.1, 0.15) is 17.7 Å². The molecule has 2 aromatic rings. The van der Waals surface area contributed by atoms with Crippen molar-refractivity contribution in [2.75, 3.05) is 37.9 Å². The van der Waals surface area contributed by atoms with Gasteiger partial charge in [-0.1, -0.05) is 6.07 Å². The molecular weight excluding hydrogens is 389 g/mol. The average Bonchev–Trinajstić information content (AvgIpc) is 3.22. The molecule has 1 aromatic heterocycles. The number of likely N-dealkylation sites (N-methyl/N-ethyl adjacent to an activating group) is 1. The van der Waals surface area contributed by atoms with Crippen molar-refractivity contribution < 1.29 is 18.7 Å². The summed E-state index contributed by atoms with van der Waals surface area (Å²) in [5.74, 6) is -0.517. The summed E-state index contributed by atoms with van der Waals surface area (Å²) in [7, 11) is 3.33. The Morgan fingerprint density at radius 2 is 2.10 bits per heavy atom. The minimum atomic E-state index is -0.547. The normalized spacial score (nSPS) is 15.9. The number of nitrogens with one attached hydrogen (secondary N) is 2. The van der Waals surface area contributed by atoms with E-state index in [0.29, 0.717) is 25.3 Å². The lowest BCUT2D eigenvalue weighted by molar-refractivity contribution is 0.128. The zero-order valence-electron chi connectivity index (χ0n) is 17.3. The standard InChI is InChI=1S/C21H26FN5O3/c1-14-4-6-16(11-23-14)24-20(28)25-19-10-15(5-7-18(19)22)12-26(2)17-8-9-27(13-17)21(29)30-3/h4-7,10-11,17H,8-9,12-13H2,1-3H3,(H2,24,25,28)/t17-/m0/s1. The van der Waals surface area contributed by atoms with Gasteiger partial charge < -0.3 is 20.3 Å². The molecule has 0 aliphatic carbocycles. The number of likely N-dealkylation sites (tertiary alicyclic amines) is 1. The zero-order valence-corrected chi connectivity index (χ0v) is 17.3. The molecule has 1 aliphatic rings. The number of hydrogen-bond donors (Lipinski definition) is 2. The van der Waals surface area contributed by atoms with Crippen molar-refractivity contribution in [3.05, 3.63) is 53.6 Å². The van der Waals surface area contributed by atoms with Crippen LogP contribution in [0.15, 0.2) is 36.5 Å². The number of amides is 3. The van der Waals surface area contributed by atoms with Crippen LogP contribution in [0, 0.1) is 12.7 Å². The van der Waals surface area contributed by atoms with Crippen molar-refractivity contribution in [3.63, 3.8) is 0 Å². The number of methoxy groups -OCH3 is 1. The highest BCUT2D eigenvalue weighted by atomic mass is 19.1. The Morgan fingerprint density at radius 1 is 1.30 bits per heavy atom. The van der Waals surface area contributed by atoms with Gasteiger partial charge in [0.1, 0.15) is 5.82 Å². The first-order valence-electron chi connectivity index (χ1n) is 9.68. The number of hydrogen-bond acceptors (Lipinski definition) is 5. The van der Waals surface area contributed by atoms with E-state index in [-0.39, 0.29) is 17.8 Å². The fourth-order valence-corrected chi connectivity index (χ4v) is 3.41. The van der Waals surface area contributed by atoms with Gasteiger partial charge in [-0.25, -0.2) is 14.0 Å². The molecule has 8 nitrogen and oxygen atoms in total. The number of halogens is 1. The number of pyridine rings is 1. The molecule has 1 atom stereocenters. The third-order valence-electron chi connectivity index (χ3n) is 5.10. The number of anilines is 2. The Labute approximate surface area is 175 Å². The van der Waals surface area contributed by atoms with Gasteiger partial charge in [0.2, 0.25) is 0 Å². The molecule has 1 saturated heterocycles. The fourth-order valence-electron chi connectivity index (χ4n) is 3.41. The minimum absolute atomic E-state index is 0.0982. The maximum atomic E-state index is 14.2. The second-order valence-corrected chi connectivity index (χ2v) is 7.36. The Hall–Kier alpha value is -3.20. The van der Waals surface area contributed by atoms with Gasteiger partial charge in [-0.3, -0.25) is 9.88 Å². The van der Waals surface area contributed by atoms with E-state index in [1.54, 1.807) is 29.2 Å². The molecule has 9 heteroatoms. The summed E-state index contributed by atoms with van der Waals surface area (Å²) in [4.78, 5) is 31.8. The number of aromatic nitrogens is 1. The number of nitrogens with zero attached hydrogens (tertiary/aromatic N) is 3. The maximum Gasteiger partial charge on any atom is 0.409 e. The highest BCUT2D eigenvalue weighted by molar-refractivity contribution is 5.99. The van der Waals surface area contributed by atoms with Gasteiger partial charge in [-0.05, 0) is 50.2 Å². The van der Waals surface area contributed by atoms with E-state index in [9.17, 15) is 14.0 Å². The molecule has 2 heterocycles. The second kappa shape index (κ2) is 9.53. The van der Waals surface area contributed by atoms with Crippen molar-refractivity contribution in [1.82, 2.24) is 14.8 Å². The molecule has 3 amide bonds. The van der Waals surface area contributed by atoms with Crippen LogP contribution in [-0.2, 0) is 11.3 Å². The molecule has 1 aliphatic heterocycles. The van der Waals surface area contributed by atoms with E-state index in [2.05, 4.69) is 20.5 Å². The highest BCUT2D eigenvalue weighted by Crippen LogP contribution is 2.21. The Balaban J connectivity index is 1.60. The maximum absolute atomic E-state index is 14.2. The number of ether oxygens (including phenoxy) is 1. The lowest BCUT2D eigenvalue weighted by Crippen LogP contribution is -2.36. The summed E-state index contributed by atoms with van der Waals surface area (Å²) in [5.41, 5.74) is 2.30. The van der Waals surface area contributed by atoms with Crippen LogP contribution in [0.4, 0.5) is 25.4 Å². The summed E-state index contributed by atoms with van der Waals surface area (Å²) < 4.78 is 19.0. The SMILES string of the molecule is COC(=O)N1CC[C@H](N(C)Cc2ccc(F)c(NC(=O)Nc3ccc(C)nc3)c2)C1. The van der Waals surface area contributed by atoms with Crippen molar-refractivity contribution in [2.45, 2.75) is 25.9 Å². The first-order chi connectivity index (χ1) is 14.4. The average molecular weight is 415 g/mol. The Kier molecular flexibility index (Phi) is 6.83. The predicted octanol–water partition coefficient (Wildman–Crippen LogP) is 3.45. The summed E-state index contributed by atoms with van der Waals surface area (Å²) >= 11 is 0. The summed E-state index contributed by atoms with van der Waals surface area (Å²) in [6.07, 6.45) is 2.05. The highest BCUT2D eigenvalue weighted by Gasteiger charge is 2.29. The Morgan fingerprint density at radius 3 is 2.80 bits per heavy atom. The Bertz CT molecular complexity index is 906. The largest absolute Gasteiger partial charge is 0.453 e. The molecular formula is C21H26FN5O3. The van der Waals surface area contributed by atoms with Crippen LogP contribution in [0.25, 0.3) is 0 Å². The predicted molar refractivity (Wildman–Crippen MR) is 112 cm³/mol. The van der Waals surface area contributed by atoms with Crippen LogP contribution < -0.4 is 10.6 Å². The molecule has 1 fully saturated rings. The van der Waals surface area contributed by atoms with E-state index in [1.165, 1.54) is 19.4 Å². The first kappa shape index (κ1) is 21.5. The first-order valence-corrected chi connectivity index (χ1v) is 9.68. The quantitative estimate of drug-likeness (QED) is 0.781.